The molecule has 1 rings (SSSR count). The molecule has 0 atom stereocenters. The molecule has 0 saturated heterocycles. The molecular formula is C7H2ClCuN4O2. The number of nitriles is 1. The molecule has 0 radical (unpaired) electrons. The molecule has 1 aromatic heterocycles. The molecule has 0 aromatic carbocycles. The Morgan fingerprint density at radius 2 is 2.07 bits per heavy atom. The topological polar surface area (TPSA) is 104 Å². The minimum atomic E-state index is -0.679. The van der Waals surface area contributed by atoms with Crippen LogP contribution in [0.4, 0.5) is 5.69 Å². The number of nitro groups is 1. The number of hydrogen-bond donors (Lipinski definition) is 0. The fourth-order valence-corrected chi connectivity index (χ4v) is 0.805. The Morgan fingerprint density at radius 1 is 1.53 bits per heavy atom. The van der Waals surface area contributed by atoms with Gasteiger partial charge in [-0.15, -0.1) is 0 Å². The molecule has 6 nitrogen and oxygen atoms in total. The average molecular weight is 273 g/mol. The third-order valence-corrected chi connectivity index (χ3v) is 1.35. The van der Waals surface area contributed by atoms with E-state index in [1.54, 1.807) is 6.07 Å². The molecule has 0 bridgehead atoms. The first-order chi connectivity index (χ1) is 6.65. The second kappa shape index (κ2) is 7.72. The van der Waals surface area contributed by atoms with Gasteiger partial charge in [0.25, 0.3) is 0 Å². The van der Waals surface area contributed by atoms with Crippen molar-refractivity contribution in [2.24, 2.45) is 0 Å². The van der Waals surface area contributed by atoms with E-state index in [2.05, 4.69) is 4.98 Å². The molecule has 8 heteroatoms. The van der Waals surface area contributed by atoms with Gasteiger partial charge in [-0.3, -0.25) is 10.1 Å². The first kappa shape index (κ1) is 15.8. The van der Waals surface area contributed by atoms with Gasteiger partial charge in [0.15, 0.2) is 0 Å². The van der Waals surface area contributed by atoms with Crippen molar-refractivity contribution < 1.29 is 22.0 Å². The van der Waals surface area contributed by atoms with Crippen LogP contribution in [0.1, 0.15) is 5.69 Å². The molecule has 1 aromatic rings. The first-order valence-corrected chi connectivity index (χ1v) is 3.46. The SMILES string of the molecule is N#Cc1nc(Cl)ccc1[N+](=O)[O-].[C-]#N.[Cu+]. The van der Waals surface area contributed by atoms with E-state index in [1.165, 1.54) is 6.07 Å². The zero-order valence-corrected chi connectivity index (χ0v) is 8.64. The van der Waals surface area contributed by atoms with Gasteiger partial charge in [0.1, 0.15) is 11.2 Å². The molecule has 0 aliphatic carbocycles. The zero-order valence-electron chi connectivity index (χ0n) is 6.94. The van der Waals surface area contributed by atoms with Gasteiger partial charge < -0.3 is 11.8 Å². The van der Waals surface area contributed by atoms with Crippen molar-refractivity contribution in [3.8, 4) is 6.07 Å². The van der Waals surface area contributed by atoms with Crippen LogP contribution >= 0.6 is 11.6 Å². The maximum atomic E-state index is 10.3. The number of pyridine rings is 1. The van der Waals surface area contributed by atoms with E-state index >= 15 is 0 Å². The van der Waals surface area contributed by atoms with Crippen molar-refractivity contribution in [2.75, 3.05) is 0 Å². The first-order valence-electron chi connectivity index (χ1n) is 3.08. The van der Waals surface area contributed by atoms with Crippen molar-refractivity contribution in [3.05, 3.63) is 39.7 Å². The summed E-state index contributed by atoms with van der Waals surface area (Å²) in [5.74, 6) is 0. The van der Waals surface area contributed by atoms with Gasteiger partial charge >= 0.3 is 22.8 Å². The number of rotatable bonds is 1. The minimum Gasteiger partial charge on any atom is -0.512 e. The number of hydrogen-bond acceptors (Lipinski definition) is 5. The van der Waals surface area contributed by atoms with Gasteiger partial charge in [-0.2, -0.15) is 5.26 Å². The number of aromatic nitrogens is 1. The fourth-order valence-electron chi connectivity index (χ4n) is 0.658. The van der Waals surface area contributed by atoms with Crippen molar-refractivity contribution in [3.63, 3.8) is 0 Å². The van der Waals surface area contributed by atoms with Gasteiger partial charge in [-0.25, -0.2) is 4.98 Å². The van der Waals surface area contributed by atoms with Crippen molar-refractivity contribution in [1.82, 2.24) is 4.98 Å². The summed E-state index contributed by atoms with van der Waals surface area (Å²) < 4.78 is 0. The Hall–Kier alpha value is -1.66. The summed E-state index contributed by atoms with van der Waals surface area (Å²) in [6.07, 6.45) is 0. The molecule has 0 unspecified atom stereocenters. The summed E-state index contributed by atoms with van der Waals surface area (Å²) in [6, 6.07) is 3.99. The standard InChI is InChI=1S/C6H2ClN3O2.CN.Cu/c7-6-2-1-5(10(11)12)4(3-8)9-6;1-2;/h1-2H;;/q;-1;+1. The molecule has 0 saturated carbocycles. The van der Waals surface area contributed by atoms with Crippen molar-refractivity contribution in [2.45, 2.75) is 0 Å². The molecule has 15 heavy (non-hydrogen) atoms. The molecule has 0 N–H and O–H groups in total. The Morgan fingerprint density at radius 3 is 2.47 bits per heavy atom. The predicted octanol–water partition coefficient (Wildman–Crippen LogP) is 1.61. The monoisotopic (exact) mass is 272 g/mol. The molecule has 1 heterocycles. The van der Waals surface area contributed by atoms with E-state index in [-0.39, 0.29) is 33.6 Å². The largest absolute Gasteiger partial charge is 1.00 e. The van der Waals surface area contributed by atoms with Crippen LogP contribution < -0.4 is 0 Å². The maximum Gasteiger partial charge on any atom is 1.00 e. The third kappa shape index (κ3) is 4.39. The van der Waals surface area contributed by atoms with Crippen LogP contribution in [0, 0.1) is 33.3 Å². The summed E-state index contributed by atoms with van der Waals surface area (Å²) >= 11 is 5.42. The van der Waals surface area contributed by atoms with Gasteiger partial charge in [0, 0.05) is 6.07 Å². The second-order valence-corrected chi connectivity index (χ2v) is 2.26. The molecule has 0 aliphatic rings. The minimum absolute atomic E-state index is 0. The van der Waals surface area contributed by atoms with Crippen LogP contribution in [-0.2, 0) is 17.1 Å². The van der Waals surface area contributed by atoms with E-state index in [1.807, 2.05) is 0 Å². The van der Waals surface area contributed by atoms with Crippen molar-refractivity contribution in [1.29, 1.82) is 10.5 Å². The van der Waals surface area contributed by atoms with Crippen LogP contribution in [0.3, 0.4) is 0 Å². The van der Waals surface area contributed by atoms with Crippen LogP contribution in [-0.4, -0.2) is 9.91 Å². The summed E-state index contributed by atoms with van der Waals surface area (Å²) in [5.41, 5.74) is -0.602. The molecule has 80 valence electrons. The van der Waals surface area contributed by atoms with E-state index in [0.717, 1.165) is 6.07 Å². The molecule has 0 amide bonds. The number of nitrogens with zero attached hydrogens (tertiary/aromatic N) is 4. The van der Waals surface area contributed by atoms with Crippen LogP contribution in [0.2, 0.25) is 5.15 Å². The van der Waals surface area contributed by atoms with Crippen LogP contribution in [0.15, 0.2) is 12.1 Å². The second-order valence-electron chi connectivity index (χ2n) is 1.87. The van der Waals surface area contributed by atoms with Gasteiger partial charge in [-0.05, 0) is 6.07 Å². The fraction of sp³-hybridized carbons (Fsp3) is 0. The van der Waals surface area contributed by atoms with Crippen LogP contribution in [0.5, 0.6) is 0 Å². The van der Waals surface area contributed by atoms with E-state index in [9.17, 15) is 10.1 Å². The molecule has 0 spiro atoms. The Balaban J connectivity index is 0. The van der Waals surface area contributed by atoms with E-state index in [0.29, 0.717) is 0 Å². The normalized spacial score (nSPS) is 7.33. The maximum absolute atomic E-state index is 10.3. The van der Waals surface area contributed by atoms with Crippen LogP contribution in [0.25, 0.3) is 0 Å². The predicted molar refractivity (Wildman–Crippen MR) is 45.6 cm³/mol. The summed E-state index contributed by atoms with van der Waals surface area (Å²) in [5, 5.41) is 25.0. The molecule has 0 fully saturated rings. The zero-order chi connectivity index (χ0) is 11.1. The van der Waals surface area contributed by atoms with Gasteiger partial charge in [-0.1, -0.05) is 11.6 Å². The third-order valence-electron chi connectivity index (χ3n) is 1.14. The molecular weight excluding hydrogens is 271 g/mol. The Bertz CT molecular complexity index is 415. The summed E-state index contributed by atoms with van der Waals surface area (Å²) in [4.78, 5) is 13.1. The quantitative estimate of drug-likeness (QED) is 0.254. The summed E-state index contributed by atoms with van der Waals surface area (Å²) in [6.45, 7) is 4.75. The summed E-state index contributed by atoms with van der Waals surface area (Å²) in [7, 11) is 0. The van der Waals surface area contributed by atoms with Gasteiger partial charge in [0.05, 0.1) is 4.92 Å². The smallest absolute Gasteiger partial charge is 0.512 e. The molecule has 0 aliphatic heterocycles. The average Bonchev–Trinajstić information content (AvgIpc) is 2.20. The van der Waals surface area contributed by atoms with Gasteiger partial charge in [0.2, 0.25) is 5.69 Å². The van der Waals surface area contributed by atoms with E-state index < -0.39 is 4.92 Å². The Labute approximate surface area is 101 Å². The van der Waals surface area contributed by atoms with Crippen molar-refractivity contribution >= 4 is 17.3 Å². The Kier molecular flexibility index (Phi) is 8.13. The van der Waals surface area contributed by atoms with E-state index in [4.69, 9.17) is 28.7 Å². The number of halogens is 1.